The van der Waals surface area contributed by atoms with Crippen LogP contribution >= 0.6 is 0 Å². The SMILES string of the molecule is COc1ccc(N2C(=O)C[C@@H](N3CCN(c4ccc(S(C)(=O)=O)cc4)CC3)C2=O)cc1. The summed E-state index contributed by atoms with van der Waals surface area (Å²) < 4.78 is 28.4. The molecule has 0 bridgehead atoms. The molecular formula is C22H25N3O5S. The van der Waals surface area contributed by atoms with Crippen molar-refractivity contribution in [2.45, 2.75) is 17.4 Å². The van der Waals surface area contributed by atoms with Gasteiger partial charge in [-0.3, -0.25) is 14.5 Å². The van der Waals surface area contributed by atoms with Gasteiger partial charge in [0.25, 0.3) is 5.91 Å². The predicted octanol–water partition coefficient (Wildman–Crippen LogP) is 1.55. The predicted molar refractivity (Wildman–Crippen MR) is 117 cm³/mol. The second kappa shape index (κ2) is 8.32. The van der Waals surface area contributed by atoms with Gasteiger partial charge in [0.05, 0.1) is 30.2 Å². The number of piperazine rings is 1. The molecule has 0 N–H and O–H groups in total. The van der Waals surface area contributed by atoms with Crippen LogP contribution in [0.5, 0.6) is 5.75 Å². The molecule has 0 aliphatic carbocycles. The number of rotatable bonds is 5. The van der Waals surface area contributed by atoms with Gasteiger partial charge in [-0.25, -0.2) is 13.3 Å². The summed E-state index contributed by atoms with van der Waals surface area (Å²) in [4.78, 5) is 31.4. The largest absolute Gasteiger partial charge is 0.497 e. The Morgan fingerprint density at radius 2 is 1.45 bits per heavy atom. The molecule has 4 rings (SSSR count). The highest BCUT2D eigenvalue weighted by Gasteiger charge is 2.43. The lowest BCUT2D eigenvalue weighted by atomic mass is 10.1. The van der Waals surface area contributed by atoms with Crippen molar-refractivity contribution in [3.8, 4) is 5.75 Å². The number of imide groups is 1. The summed E-state index contributed by atoms with van der Waals surface area (Å²) in [6.45, 7) is 2.68. The van der Waals surface area contributed by atoms with Crippen LogP contribution in [-0.4, -0.2) is 70.7 Å². The normalized spacial score (nSPS) is 20.4. The first-order valence-corrected chi connectivity index (χ1v) is 12.0. The third kappa shape index (κ3) is 4.28. The van der Waals surface area contributed by atoms with Crippen LogP contribution in [0.15, 0.2) is 53.4 Å². The number of amides is 2. The second-order valence-corrected chi connectivity index (χ2v) is 9.79. The molecule has 164 valence electrons. The molecule has 2 heterocycles. The van der Waals surface area contributed by atoms with Gasteiger partial charge in [0.1, 0.15) is 5.75 Å². The Labute approximate surface area is 181 Å². The molecule has 0 aromatic heterocycles. The quantitative estimate of drug-likeness (QED) is 0.648. The molecule has 2 saturated heterocycles. The van der Waals surface area contributed by atoms with E-state index in [0.717, 1.165) is 5.69 Å². The highest BCUT2D eigenvalue weighted by molar-refractivity contribution is 7.90. The molecule has 8 nitrogen and oxygen atoms in total. The molecule has 2 fully saturated rings. The Morgan fingerprint density at radius 1 is 0.871 bits per heavy atom. The average molecular weight is 444 g/mol. The first-order chi connectivity index (χ1) is 14.8. The maximum absolute atomic E-state index is 13.0. The molecule has 9 heteroatoms. The number of benzene rings is 2. The fourth-order valence-corrected chi connectivity index (χ4v) is 4.73. The van der Waals surface area contributed by atoms with Crippen LogP contribution in [0.2, 0.25) is 0 Å². The van der Waals surface area contributed by atoms with Crippen LogP contribution in [0, 0.1) is 0 Å². The number of carbonyl (C=O) groups excluding carboxylic acids is 2. The van der Waals surface area contributed by atoms with E-state index in [-0.39, 0.29) is 18.2 Å². The van der Waals surface area contributed by atoms with Gasteiger partial charge in [-0.1, -0.05) is 0 Å². The van der Waals surface area contributed by atoms with Gasteiger partial charge in [0.15, 0.2) is 9.84 Å². The Bertz CT molecular complexity index is 1080. The molecule has 0 saturated carbocycles. The third-order valence-electron chi connectivity index (χ3n) is 5.84. The topological polar surface area (TPSA) is 87.2 Å². The zero-order chi connectivity index (χ0) is 22.2. The number of ether oxygens (including phenoxy) is 1. The lowest BCUT2D eigenvalue weighted by molar-refractivity contribution is -0.123. The molecule has 2 aliphatic rings. The van der Waals surface area contributed by atoms with Crippen molar-refractivity contribution in [1.82, 2.24) is 4.90 Å². The standard InChI is InChI=1S/C22H25N3O5S/c1-30-18-7-3-17(4-8-18)25-21(26)15-20(22(25)27)24-13-11-23(12-14-24)16-5-9-19(10-6-16)31(2,28)29/h3-10,20H,11-15H2,1-2H3/t20-/m1/s1. The number of nitrogens with zero attached hydrogens (tertiary/aromatic N) is 3. The minimum absolute atomic E-state index is 0.175. The van der Waals surface area contributed by atoms with Gasteiger partial charge in [0.2, 0.25) is 5.91 Å². The Kier molecular flexibility index (Phi) is 5.72. The van der Waals surface area contributed by atoms with E-state index in [4.69, 9.17) is 4.74 Å². The van der Waals surface area contributed by atoms with E-state index in [1.165, 1.54) is 11.2 Å². The molecule has 2 amide bonds. The number of carbonyl (C=O) groups is 2. The zero-order valence-corrected chi connectivity index (χ0v) is 18.3. The minimum Gasteiger partial charge on any atom is -0.497 e. The Balaban J connectivity index is 1.40. The van der Waals surface area contributed by atoms with Gasteiger partial charge in [-0.05, 0) is 48.5 Å². The first kappa shape index (κ1) is 21.3. The molecule has 31 heavy (non-hydrogen) atoms. The van der Waals surface area contributed by atoms with Crippen molar-refractivity contribution in [2.75, 3.05) is 49.3 Å². The van der Waals surface area contributed by atoms with E-state index in [1.807, 2.05) is 12.1 Å². The average Bonchev–Trinajstić information content (AvgIpc) is 3.07. The lowest BCUT2D eigenvalue weighted by Crippen LogP contribution is -2.52. The van der Waals surface area contributed by atoms with Gasteiger partial charge in [-0.15, -0.1) is 0 Å². The van der Waals surface area contributed by atoms with Gasteiger partial charge < -0.3 is 9.64 Å². The lowest BCUT2D eigenvalue weighted by Gasteiger charge is -2.38. The van der Waals surface area contributed by atoms with E-state index in [1.54, 1.807) is 43.5 Å². The summed E-state index contributed by atoms with van der Waals surface area (Å²) in [5.74, 6) is 0.278. The summed E-state index contributed by atoms with van der Waals surface area (Å²) in [6.07, 6.45) is 1.36. The molecule has 0 unspecified atom stereocenters. The van der Waals surface area contributed by atoms with Crippen molar-refractivity contribution >= 4 is 33.0 Å². The maximum Gasteiger partial charge on any atom is 0.251 e. The fourth-order valence-electron chi connectivity index (χ4n) is 4.10. The summed E-state index contributed by atoms with van der Waals surface area (Å²) in [6, 6.07) is 13.3. The molecule has 2 aromatic carbocycles. The highest BCUT2D eigenvalue weighted by Crippen LogP contribution is 2.28. The monoisotopic (exact) mass is 443 g/mol. The van der Waals surface area contributed by atoms with Crippen molar-refractivity contribution in [3.05, 3.63) is 48.5 Å². The number of anilines is 2. The fraction of sp³-hybridized carbons (Fsp3) is 0.364. The van der Waals surface area contributed by atoms with Crippen LogP contribution in [0.3, 0.4) is 0 Å². The third-order valence-corrected chi connectivity index (χ3v) is 6.97. The zero-order valence-electron chi connectivity index (χ0n) is 17.5. The van der Waals surface area contributed by atoms with E-state index in [9.17, 15) is 18.0 Å². The van der Waals surface area contributed by atoms with E-state index in [0.29, 0.717) is 42.5 Å². The van der Waals surface area contributed by atoms with Crippen molar-refractivity contribution in [2.24, 2.45) is 0 Å². The Hall–Kier alpha value is -2.91. The van der Waals surface area contributed by atoms with Crippen molar-refractivity contribution in [3.63, 3.8) is 0 Å². The highest BCUT2D eigenvalue weighted by atomic mass is 32.2. The van der Waals surface area contributed by atoms with Crippen LogP contribution < -0.4 is 14.5 Å². The molecule has 1 atom stereocenters. The van der Waals surface area contributed by atoms with Crippen LogP contribution in [-0.2, 0) is 19.4 Å². The van der Waals surface area contributed by atoms with E-state index < -0.39 is 15.9 Å². The van der Waals surface area contributed by atoms with Crippen molar-refractivity contribution < 1.29 is 22.7 Å². The Morgan fingerprint density at radius 3 is 2.00 bits per heavy atom. The van der Waals surface area contributed by atoms with Gasteiger partial charge in [-0.2, -0.15) is 0 Å². The summed E-state index contributed by atoms with van der Waals surface area (Å²) in [7, 11) is -1.66. The number of hydrogen-bond donors (Lipinski definition) is 0. The summed E-state index contributed by atoms with van der Waals surface area (Å²) in [5.41, 5.74) is 1.50. The number of hydrogen-bond acceptors (Lipinski definition) is 7. The second-order valence-electron chi connectivity index (χ2n) is 7.77. The van der Waals surface area contributed by atoms with Crippen LogP contribution in [0.4, 0.5) is 11.4 Å². The molecule has 0 radical (unpaired) electrons. The molecule has 2 aromatic rings. The summed E-state index contributed by atoms with van der Waals surface area (Å²) >= 11 is 0. The van der Waals surface area contributed by atoms with Gasteiger partial charge in [0, 0.05) is 38.1 Å². The maximum atomic E-state index is 13.0. The van der Waals surface area contributed by atoms with Crippen LogP contribution in [0.1, 0.15) is 6.42 Å². The number of methoxy groups -OCH3 is 1. The molecular weight excluding hydrogens is 418 g/mol. The van der Waals surface area contributed by atoms with Gasteiger partial charge >= 0.3 is 0 Å². The molecule has 2 aliphatic heterocycles. The molecule has 0 spiro atoms. The van der Waals surface area contributed by atoms with Crippen LogP contribution in [0.25, 0.3) is 0 Å². The van der Waals surface area contributed by atoms with E-state index >= 15 is 0 Å². The van der Waals surface area contributed by atoms with E-state index in [2.05, 4.69) is 9.80 Å². The smallest absolute Gasteiger partial charge is 0.251 e. The first-order valence-electron chi connectivity index (χ1n) is 10.1. The van der Waals surface area contributed by atoms with Crippen molar-refractivity contribution in [1.29, 1.82) is 0 Å². The summed E-state index contributed by atoms with van der Waals surface area (Å²) in [5, 5.41) is 0. The minimum atomic E-state index is -3.22. The number of sulfone groups is 1.